The zero-order valence-electron chi connectivity index (χ0n) is 22.0. The average Bonchev–Trinajstić information content (AvgIpc) is 3.23. The molecule has 0 spiro atoms. The molecule has 0 saturated heterocycles. The van der Waals surface area contributed by atoms with Crippen LogP contribution >= 0.6 is 0 Å². The van der Waals surface area contributed by atoms with E-state index in [0.717, 1.165) is 10.9 Å². The maximum Gasteiger partial charge on any atom is 0.326 e. The molecule has 0 radical (unpaired) electrons. The van der Waals surface area contributed by atoms with Crippen molar-refractivity contribution in [3.05, 3.63) is 36.0 Å². The van der Waals surface area contributed by atoms with Gasteiger partial charge in [0.05, 0.1) is 12.5 Å². The summed E-state index contributed by atoms with van der Waals surface area (Å²) >= 11 is 0. The van der Waals surface area contributed by atoms with Crippen LogP contribution in [-0.4, -0.2) is 69.0 Å². The van der Waals surface area contributed by atoms with Gasteiger partial charge in [-0.1, -0.05) is 45.9 Å². The predicted octanol–water partition coefficient (Wildman–Crippen LogP) is 0.754. The van der Waals surface area contributed by atoms with Gasteiger partial charge in [0.15, 0.2) is 0 Å². The smallest absolute Gasteiger partial charge is 0.326 e. The summed E-state index contributed by atoms with van der Waals surface area (Å²) in [6.07, 6.45) is 1.32. The number of amides is 3. The quantitative estimate of drug-likeness (QED) is 0.185. The van der Waals surface area contributed by atoms with Gasteiger partial charge in [-0.25, -0.2) is 4.79 Å². The SMILES string of the molecule is CC(C)CC(N)C(=O)NC(Cc1c[nH]c2ccccc12)C(=O)NC(CC(=O)O)C(=O)NC(C(=O)O)C(C)C. The van der Waals surface area contributed by atoms with Gasteiger partial charge in [-0.05, 0) is 29.9 Å². The molecule has 8 N–H and O–H groups in total. The number of nitrogens with one attached hydrogen (secondary N) is 4. The van der Waals surface area contributed by atoms with Crippen molar-refractivity contribution in [3.63, 3.8) is 0 Å². The summed E-state index contributed by atoms with van der Waals surface area (Å²) in [6.45, 7) is 6.97. The van der Waals surface area contributed by atoms with E-state index in [1.807, 2.05) is 38.1 Å². The molecule has 0 aliphatic rings. The fourth-order valence-electron chi connectivity index (χ4n) is 4.05. The summed E-state index contributed by atoms with van der Waals surface area (Å²) in [5, 5.41) is 26.9. The zero-order chi connectivity index (χ0) is 28.6. The summed E-state index contributed by atoms with van der Waals surface area (Å²) in [4.78, 5) is 65.1. The van der Waals surface area contributed by atoms with Crippen molar-refractivity contribution in [1.82, 2.24) is 20.9 Å². The Morgan fingerprint density at radius 3 is 2.08 bits per heavy atom. The second-order valence-corrected chi connectivity index (χ2v) is 10.1. The number of hydrogen-bond donors (Lipinski definition) is 7. The largest absolute Gasteiger partial charge is 0.481 e. The van der Waals surface area contributed by atoms with Crippen LogP contribution in [0.25, 0.3) is 10.9 Å². The molecule has 4 unspecified atom stereocenters. The summed E-state index contributed by atoms with van der Waals surface area (Å²) in [5.41, 5.74) is 7.54. The summed E-state index contributed by atoms with van der Waals surface area (Å²) in [6, 6.07) is 2.44. The number of fused-ring (bicyclic) bond motifs is 1. The van der Waals surface area contributed by atoms with Gasteiger partial charge in [0.25, 0.3) is 0 Å². The van der Waals surface area contributed by atoms with E-state index in [9.17, 15) is 34.2 Å². The van der Waals surface area contributed by atoms with Crippen molar-refractivity contribution in [2.24, 2.45) is 17.6 Å². The van der Waals surface area contributed by atoms with Crippen molar-refractivity contribution in [3.8, 4) is 0 Å². The molecule has 12 nitrogen and oxygen atoms in total. The second-order valence-electron chi connectivity index (χ2n) is 10.1. The average molecular weight is 532 g/mol. The topological polar surface area (TPSA) is 204 Å². The molecular formula is C26H37N5O7. The lowest BCUT2D eigenvalue weighted by atomic mass is 10.0. The minimum Gasteiger partial charge on any atom is -0.481 e. The van der Waals surface area contributed by atoms with Crippen molar-refractivity contribution in [2.75, 3.05) is 0 Å². The number of carboxylic acids is 2. The van der Waals surface area contributed by atoms with E-state index in [-0.39, 0.29) is 12.3 Å². The van der Waals surface area contributed by atoms with E-state index < -0.39 is 66.2 Å². The molecule has 208 valence electrons. The number of aliphatic carboxylic acids is 2. The Balaban J connectivity index is 2.32. The van der Waals surface area contributed by atoms with Gasteiger partial charge in [-0.2, -0.15) is 0 Å². The van der Waals surface area contributed by atoms with E-state index in [1.54, 1.807) is 20.0 Å². The molecule has 0 saturated carbocycles. The van der Waals surface area contributed by atoms with Crippen molar-refractivity contribution >= 4 is 40.6 Å². The highest BCUT2D eigenvalue weighted by molar-refractivity contribution is 5.96. The van der Waals surface area contributed by atoms with Crippen LogP contribution < -0.4 is 21.7 Å². The maximum atomic E-state index is 13.4. The van der Waals surface area contributed by atoms with Crippen molar-refractivity contribution < 1.29 is 34.2 Å². The zero-order valence-corrected chi connectivity index (χ0v) is 22.0. The highest BCUT2D eigenvalue weighted by Gasteiger charge is 2.33. The van der Waals surface area contributed by atoms with Crippen molar-refractivity contribution in [2.45, 2.75) is 71.1 Å². The fourth-order valence-corrected chi connectivity index (χ4v) is 4.05. The summed E-state index contributed by atoms with van der Waals surface area (Å²) < 4.78 is 0. The van der Waals surface area contributed by atoms with Gasteiger partial charge in [0, 0.05) is 23.5 Å². The third-order valence-electron chi connectivity index (χ3n) is 6.04. The van der Waals surface area contributed by atoms with E-state index in [1.165, 1.54) is 0 Å². The Morgan fingerprint density at radius 2 is 1.50 bits per heavy atom. The highest BCUT2D eigenvalue weighted by atomic mass is 16.4. The van der Waals surface area contributed by atoms with Gasteiger partial charge in [-0.15, -0.1) is 0 Å². The Morgan fingerprint density at radius 1 is 0.895 bits per heavy atom. The number of carbonyl (C=O) groups excluding carboxylic acids is 3. The molecule has 12 heteroatoms. The molecule has 38 heavy (non-hydrogen) atoms. The Kier molecular flexibility index (Phi) is 10.8. The van der Waals surface area contributed by atoms with Gasteiger partial charge >= 0.3 is 11.9 Å². The Labute approximate surface area is 220 Å². The predicted molar refractivity (Wildman–Crippen MR) is 140 cm³/mol. The molecule has 0 aliphatic carbocycles. The molecule has 3 amide bonds. The van der Waals surface area contributed by atoms with E-state index in [2.05, 4.69) is 20.9 Å². The Hall–Kier alpha value is -3.93. The second kappa shape index (κ2) is 13.6. The number of hydrogen-bond acceptors (Lipinski definition) is 6. The first-order valence-corrected chi connectivity index (χ1v) is 12.5. The molecule has 1 aromatic carbocycles. The minimum atomic E-state index is -1.58. The summed E-state index contributed by atoms with van der Waals surface area (Å²) in [7, 11) is 0. The molecule has 0 aliphatic heterocycles. The van der Waals surface area contributed by atoms with E-state index in [4.69, 9.17) is 5.73 Å². The van der Waals surface area contributed by atoms with Crippen LogP contribution in [0.2, 0.25) is 0 Å². The lowest BCUT2D eigenvalue weighted by Gasteiger charge is -2.25. The summed E-state index contributed by atoms with van der Waals surface area (Å²) in [5.74, 6) is -5.37. The number of aromatic amines is 1. The van der Waals surface area contributed by atoms with E-state index >= 15 is 0 Å². The third-order valence-corrected chi connectivity index (χ3v) is 6.04. The molecule has 2 aromatic rings. The number of carboxylic acid groups (broad SMARTS) is 2. The first-order chi connectivity index (χ1) is 17.8. The van der Waals surface area contributed by atoms with Crippen LogP contribution in [0.3, 0.4) is 0 Å². The number of H-pyrrole nitrogens is 1. The number of para-hydroxylation sites is 1. The molecule has 0 fully saturated rings. The van der Waals surface area contributed by atoms with Gasteiger partial charge in [0.2, 0.25) is 17.7 Å². The molecule has 0 bridgehead atoms. The molecule has 1 aromatic heterocycles. The number of aromatic nitrogens is 1. The van der Waals surface area contributed by atoms with Crippen LogP contribution in [0.1, 0.15) is 46.1 Å². The fraction of sp³-hybridized carbons (Fsp3) is 0.500. The van der Waals surface area contributed by atoms with Crippen LogP contribution in [0.4, 0.5) is 0 Å². The molecule has 1 heterocycles. The maximum absolute atomic E-state index is 13.4. The lowest BCUT2D eigenvalue weighted by molar-refractivity contribution is -0.144. The Bertz CT molecular complexity index is 1160. The molecule has 4 atom stereocenters. The van der Waals surface area contributed by atoms with Crippen LogP contribution in [0, 0.1) is 11.8 Å². The van der Waals surface area contributed by atoms with Gasteiger partial charge in [-0.3, -0.25) is 19.2 Å². The first-order valence-electron chi connectivity index (χ1n) is 12.5. The van der Waals surface area contributed by atoms with E-state index in [0.29, 0.717) is 12.0 Å². The van der Waals surface area contributed by atoms with Gasteiger partial charge < -0.3 is 36.9 Å². The third kappa shape index (κ3) is 8.58. The normalized spacial score (nSPS) is 14.5. The minimum absolute atomic E-state index is 0.0289. The molecule has 2 rings (SSSR count). The van der Waals surface area contributed by atoms with Crippen LogP contribution in [0.5, 0.6) is 0 Å². The van der Waals surface area contributed by atoms with Crippen LogP contribution in [-0.2, 0) is 30.4 Å². The number of carbonyl (C=O) groups is 5. The lowest BCUT2D eigenvalue weighted by Crippen LogP contribution is -2.58. The number of rotatable bonds is 14. The number of nitrogens with two attached hydrogens (primary N) is 1. The van der Waals surface area contributed by atoms with Crippen LogP contribution in [0.15, 0.2) is 30.5 Å². The first kappa shape index (κ1) is 30.3. The monoisotopic (exact) mass is 531 g/mol. The standard InChI is InChI=1S/C26H37N5O7/c1-13(2)9-17(27)23(34)29-19(10-15-12-28-18-8-6-5-7-16(15)18)24(35)30-20(11-21(32)33)25(36)31-22(14(3)4)26(37)38/h5-8,12-14,17,19-20,22,28H,9-11,27H2,1-4H3,(H,29,34)(H,30,35)(H,31,36)(H,32,33)(H,37,38). The van der Waals surface area contributed by atoms with Crippen molar-refractivity contribution in [1.29, 1.82) is 0 Å². The molecular weight excluding hydrogens is 494 g/mol. The highest BCUT2D eigenvalue weighted by Crippen LogP contribution is 2.19. The van der Waals surface area contributed by atoms with Gasteiger partial charge in [0.1, 0.15) is 18.1 Å². The number of benzene rings is 1.